The number of fused-ring (bicyclic) bond motifs is 1. The first kappa shape index (κ1) is 12.2. The third kappa shape index (κ3) is 2.34. The molecule has 0 fully saturated rings. The standard InChI is InChI=1S/C15H14ClN3/c1-2-15(19-8-7-17-18-19)13-4-3-12-10-14(16)6-5-11(12)9-13/h3-10,15H,2H2,1H3. The monoisotopic (exact) mass is 271 g/mol. The zero-order valence-electron chi connectivity index (χ0n) is 10.6. The molecule has 3 aromatic rings. The molecule has 19 heavy (non-hydrogen) atoms. The van der Waals surface area contributed by atoms with Crippen LogP contribution in [0.2, 0.25) is 5.02 Å². The summed E-state index contributed by atoms with van der Waals surface area (Å²) < 4.78 is 1.90. The summed E-state index contributed by atoms with van der Waals surface area (Å²) in [6.45, 7) is 2.15. The molecular formula is C15H14ClN3. The molecule has 3 nitrogen and oxygen atoms in total. The molecule has 0 N–H and O–H groups in total. The van der Waals surface area contributed by atoms with E-state index in [0.29, 0.717) is 0 Å². The van der Waals surface area contributed by atoms with E-state index in [0.717, 1.165) is 16.8 Å². The number of benzene rings is 2. The molecule has 0 saturated heterocycles. The van der Waals surface area contributed by atoms with Crippen LogP contribution in [-0.4, -0.2) is 15.0 Å². The van der Waals surface area contributed by atoms with E-state index in [1.807, 2.05) is 23.0 Å². The van der Waals surface area contributed by atoms with Crippen molar-refractivity contribution in [1.29, 1.82) is 0 Å². The van der Waals surface area contributed by atoms with Crippen LogP contribution in [0, 0.1) is 0 Å². The molecule has 4 heteroatoms. The lowest BCUT2D eigenvalue weighted by molar-refractivity contribution is 0.494. The van der Waals surface area contributed by atoms with Crippen LogP contribution >= 0.6 is 11.6 Å². The highest BCUT2D eigenvalue weighted by molar-refractivity contribution is 6.31. The predicted molar refractivity (Wildman–Crippen MR) is 77.4 cm³/mol. The largest absolute Gasteiger partial charge is 0.245 e. The van der Waals surface area contributed by atoms with E-state index < -0.39 is 0 Å². The van der Waals surface area contributed by atoms with Crippen molar-refractivity contribution in [3.63, 3.8) is 0 Å². The van der Waals surface area contributed by atoms with E-state index in [9.17, 15) is 0 Å². The van der Waals surface area contributed by atoms with Gasteiger partial charge in [0.1, 0.15) is 0 Å². The van der Waals surface area contributed by atoms with Gasteiger partial charge in [-0.2, -0.15) is 0 Å². The Hall–Kier alpha value is -1.87. The average Bonchev–Trinajstić information content (AvgIpc) is 2.93. The van der Waals surface area contributed by atoms with Gasteiger partial charge in [-0.05, 0) is 41.0 Å². The fraction of sp³-hybridized carbons (Fsp3) is 0.200. The second-order valence-electron chi connectivity index (χ2n) is 4.56. The Morgan fingerprint density at radius 1 is 1.16 bits per heavy atom. The summed E-state index contributed by atoms with van der Waals surface area (Å²) in [5.74, 6) is 0. The van der Waals surface area contributed by atoms with Gasteiger partial charge >= 0.3 is 0 Å². The third-order valence-electron chi connectivity index (χ3n) is 3.36. The molecule has 3 rings (SSSR count). The van der Waals surface area contributed by atoms with Crippen LogP contribution in [0.3, 0.4) is 0 Å². The van der Waals surface area contributed by atoms with Gasteiger partial charge in [-0.1, -0.05) is 41.9 Å². The van der Waals surface area contributed by atoms with Crippen LogP contribution in [0.25, 0.3) is 10.8 Å². The molecule has 0 saturated carbocycles. The van der Waals surface area contributed by atoms with Gasteiger partial charge in [0, 0.05) is 11.2 Å². The van der Waals surface area contributed by atoms with Crippen LogP contribution in [0.1, 0.15) is 24.9 Å². The average molecular weight is 272 g/mol. The number of halogens is 1. The minimum Gasteiger partial charge on any atom is -0.245 e. The minimum absolute atomic E-state index is 0.225. The zero-order chi connectivity index (χ0) is 13.2. The van der Waals surface area contributed by atoms with Crippen LogP contribution in [0.15, 0.2) is 48.8 Å². The van der Waals surface area contributed by atoms with Crippen LogP contribution < -0.4 is 0 Å². The number of hydrogen-bond acceptors (Lipinski definition) is 2. The number of nitrogens with zero attached hydrogens (tertiary/aromatic N) is 3. The normalized spacial score (nSPS) is 12.7. The van der Waals surface area contributed by atoms with Gasteiger partial charge in [0.15, 0.2) is 0 Å². The first-order valence-corrected chi connectivity index (χ1v) is 6.70. The second kappa shape index (κ2) is 5.02. The van der Waals surface area contributed by atoms with E-state index in [-0.39, 0.29) is 6.04 Å². The van der Waals surface area contributed by atoms with Crippen molar-refractivity contribution in [2.75, 3.05) is 0 Å². The van der Waals surface area contributed by atoms with Crippen LogP contribution in [0.4, 0.5) is 0 Å². The lowest BCUT2D eigenvalue weighted by Crippen LogP contribution is -2.10. The van der Waals surface area contributed by atoms with Gasteiger partial charge in [-0.15, -0.1) is 5.10 Å². The quantitative estimate of drug-likeness (QED) is 0.718. The van der Waals surface area contributed by atoms with Gasteiger partial charge in [0.05, 0.1) is 12.2 Å². The molecule has 0 aliphatic rings. The SMILES string of the molecule is CCC(c1ccc2cc(Cl)ccc2c1)n1ccnn1. The number of hydrogen-bond donors (Lipinski definition) is 0. The molecule has 1 aromatic heterocycles. The van der Waals surface area contributed by atoms with Gasteiger partial charge in [0.25, 0.3) is 0 Å². The first-order valence-electron chi connectivity index (χ1n) is 6.33. The van der Waals surface area contributed by atoms with Crippen molar-refractivity contribution in [3.05, 3.63) is 59.4 Å². The van der Waals surface area contributed by atoms with Gasteiger partial charge in [-0.3, -0.25) is 0 Å². The maximum Gasteiger partial charge on any atom is 0.0783 e. The smallest absolute Gasteiger partial charge is 0.0783 e. The Bertz CT molecular complexity index is 692. The summed E-state index contributed by atoms with van der Waals surface area (Å²) in [6.07, 6.45) is 4.59. The molecule has 1 atom stereocenters. The highest BCUT2D eigenvalue weighted by Gasteiger charge is 2.12. The van der Waals surface area contributed by atoms with Crippen LogP contribution in [-0.2, 0) is 0 Å². The summed E-state index contributed by atoms with van der Waals surface area (Å²) in [7, 11) is 0. The van der Waals surface area contributed by atoms with Gasteiger partial charge in [-0.25, -0.2) is 4.68 Å². The molecule has 0 spiro atoms. The molecule has 1 unspecified atom stereocenters. The third-order valence-corrected chi connectivity index (χ3v) is 3.59. The van der Waals surface area contributed by atoms with Crippen molar-refractivity contribution in [2.45, 2.75) is 19.4 Å². The Balaban J connectivity index is 2.07. The van der Waals surface area contributed by atoms with Gasteiger partial charge < -0.3 is 0 Å². The molecule has 0 amide bonds. The summed E-state index contributed by atoms with van der Waals surface area (Å²) in [5, 5.41) is 11.1. The lowest BCUT2D eigenvalue weighted by atomic mass is 10.0. The molecule has 1 heterocycles. The van der Waals surface area contributed by atoms with Crippen molar-refractivity contribution >= 4 is 22.4 Å². The molecule has 0 bridgehead atoms. The summed E-state index contributed by atoms with van der Waals surface area (Å²) in [4.78, 5) is 0. The highest BCUT2D eigenvalue weighted by atomic mass is 35.5. The van der Waals surface area contributed by atoms with Crippen molar-refractivity contribution in [1.82, 2.24) is 15.0 Å². The van der Waals surface area contributed by atoms with E-state index in [2.05, 4.69) is 41.5 Å². The Morgan fingerprint density at radius 2 is 1.95 bits per heavy atom. The van der Waals surface area contributed by atoms with E-state index >= 15 is 0 Å². The minimum atomic E-state index is 0.225. The lowest BCUT2D eigenvalue weighted by Gasteiger charge is -2.16. The molecule has 2 aromatic carbocycles. The molecule has 0 aliphatic carbocycles. The maximum atomic E-state index is 6.01. The zero-order valence-corrected chi connectivity index (χ0v) is 11.4. The first-order chi connectivity index (χ1) is 9.28. The Morgan fingerprint density at radius 3 is 2.68 bits per heavy atom. The molecule has 0 radical (unpaired) electrons. The van der Waals surface area contributed by atoms with Crippen molar-refractivity contribution in [3.8, 4) is 0 Å². The number of rotatable bonds is 3. The van der Waals surface area contributed by atoms with E-state index in [4.69, 9.17) is 11.6 Å². The van der Waals surface area contributed by atoms with Crippen LogP contribution in [0.5, 0.6) is 0 Å². The van der Waals surface area contributed by atoms with E-state index in [1.165, 1.54) is 10.9 Å². The topological polar surface area (TPSA) is 30.7 Å². The number of aromatic nitrogens is 3. The molecular weight excluding hydrogens is 258 g/mol. The fourth-order valence-corrected chi connectivity index (χ4v) is 2.58. The predicted octanol–water partition coefficient (Wildman–Crippen LogP) is 4.08. The van der Waals surface area contributed by atoms with Crippen molar-refractivity contribution in [2.24, 2.45) is 0 Å². The Kier molecular flexibility index (Phi) is 3.22. The second-order valence-corrected chi connectivity index (χ2v) is 4.99. The summed E-state index contributed by atoms with van der Waals surface area (Å²) in [5.41, 5.74) is 1.24. The summed E-state index contributed by atoms with van der Waals surface area (Å²) >= 11 is 6.01. The maximum absolute atomic E-state index is 6.01. The highest BCUT2D eigenvalue weighted by Crippen LogP contribution is 2.26. The van der Waals surface area contributed by atoms with Crippen molar-refractivity contribution < 1.29 is 0 Å². The Labute approximate surface area is 116 Å². The van der Waals surface area contributed by atoms with E-state index in [1.54, 1.807) is 6.20 Å². The fourth-order valence-electron chi connectivity index (χ4n) is 2.40. The summed E-state index contributed by atoms with van der Waals surface area (Å²) in [6, 6.07) is 12.6. The molecule has 96 valence electrons. The van der Waals surface area contributed by atoms with Gasteiger partial charge in [0.2, 0.25) is 0 Å². The molecule has 0 aliphatic heterocycles.